The summed E-state index contributed by atoms with van der Waals surface area (Å²) in [5.74, 6) is 0.269. The Morgan fingerprint density at radius 3 is 2.50 bits per heavy atom. The second-order valence-corrected chi connectivity index (χ2v) is 7.57. The fraction of sp³-hybridized carbons (Fsp3) is 0.667. The number of amides is 1. The minimum absolute atomic E-state index is 0.260. The summed E-state index contributed by atoms with van der Waals surface area (Å²) in [6.07, 6.45) is 4.52. The number of nitrogens with zero attached hydrogens (tertiary/aromatic N) is 1. The minimum Gasteiger partial charge on any atom is -0.381 e. The largest absolute Gasteiger partial charge is 0.381 e. The van der Waals surface area contributed by atoms with Gasteiger partial charge in [-0.25, -0.2) is 0 Å². The van der Waals surface area contributed by atoms with Crippen LogP contribution in [0.4, 0.5) is 0 Å². The first kappa shape index (κ1) is 19.3. The Hall–Kier alpha value is -1.43. The van der Waals surface area contributed by atoms with Crippen molar-refractivity contribution < 1.29 is 14.3 Å². The average molecular weight is 360 g/mol. The Morgan fingerprint density at radius 1 is 1.23 bits per heavy atom. The smallest absolute Gasteiger partial charge is 0.233 e. The highest BCUT2D eigenvalue weighted by Crippen LogP contribution is 2.37. The van der Waals surface area contributed by atoms with Crippen molar-refractivity contribution in [3.63, 3.8) is 0 Å². The molecule has 0 spiro atoms. The molecule has 0 radical (unpaired) electrons. The molecule has 2 fully saturated rings. The Labute approximate surface area is 156 Å². The van der Waals surface area contributed by atoms with Crippen molar-refractivity contribution in [2.24, 2.45) is 5.73 Å². The van der Waals surface area contributed by atoms with Gasteiger partial charge in [0, 0.05) is 32.9 Å². The molecule has 2 N–H and O–H groups in total. The molecule has 1 aromatic carbocycles. The molecule has 5 heteroatoms. The number of rotatable bonds is 6. The fourth-order valence-corrected chi connectivity index (χ4v) is 4.08. The summed E-state index contributed by atoms with van der Waals surface area (Å²) < 4.78 is 11.5. The van der Waals surface area contributed by atoms with Crippen molar-refractivity contribution in [3.8, 4) is 0 Å². The Morgan fingerprint density at radius 2 is 1.88 bits per heavy atom. The highest BCUT2D eigenvalue weighted by Gasteiger charge is 2.44. The Kier molecular flexibility index (Phi) is 6.68. The number of aryl methyl sites for hydroxylation is 1. The van der Waals surface area contributed by atoms with Crippen molar-refractivity contribution in [3.05, 3.63) is 35.4 Å². The molecule has 1 amide bonds. The predicted octanol–water partition coefficient (Wildman–Crippen LogP) is 2.40. The first-order valence-corrected chi connectivity index (χ1v) is 9.92. The maximum atomic E-state index is 13.5. The van der Waals surface area contributed by atoms with Crippen LogP contribution in [0.1, 0.15) is 43.2 Å². The van der Waals surface area contributed by atoms with Gasteiger partial charge in [0.2, 0.25) is 5.91 Å². The maximum Gasteiger partial charge on any atom is 0.233 e. The lowest BCUT2D eigenvalue weighted by molar-refractivity contribution is -0.144. The number of likely N-dealkylation sites (tertiary alicyclic amines) is 1. The third-order valence-corrected chi connectivity index (χ3v) is 5.79. The van der Waals surface area contributed by atoms with Crippen LogP contribution in [0.3, 0.4) is 0 Å². The zero-order valence-electron chi connectivity index (χ0n) is 15.9. The van der Waals surface area contributed by atoms with Gasteiger partial charge < -0.3 is 20.1 Å². The van der Waals surface area contributed by atoms with Gasteiger partial charge >= 0.3 is 0 Å². The topological polar surface area (TPSA) is 64.8 Å². The molecule has 0 atom stereocenters. The molecule has 3 rings (SSSR count). The first-order chi connectivity index (χ1) is 12.7. The molecule has 5 nitrogen and oxygen atoms in total. The van der Waals surface area contributed by atoms with Gasteiger partial charge in [-0.3, -0.25) is 4.79 Å². The van der Waals surface area contributed by atoms with Crippen LogP contribution >= 0.6 is 0 Å². The fourth-order valence-electron chi connectivity index (χ4n) is 4.08. The molecule has 2 heterocycles. The molecule has 26 heavy (non-hydrogen) atoms. The van der Waals surface area contributed by atoms with Crippen molar-refractivity contribution in [1.29, 1.82) is 0 Å². The van der Waals surface area contributed by atoms with Crippen molar-refractivity contribution in [2.75, 3.05) is 39.5 Å². The number of carbonyl (C=O) groups excluding carboxylic acids is 1. The molecule has 144 valence electrons. The molecule has 0 unspecified atom stereocenters. The highest BCUT2D eigenvalue weighted by atomic mass is 16.5. The van der Waals surface area contributed by atoms with Crippen LogP contribution in [0.5, 0.6) is 0 Å². The number of nitrogens with two attached hydrogens (primary N) is 1. The van der Waals surface area contributed by atoms with E-state index in [1.807, 2.05) is 4.90 Å². The predicted molar refractivity (Wildman–Crippen MR) is 102 cm³/mol. The van der Waals surface area contributed by atoms with Gasteiger partial charge in [-0.1, -0.05) is 29.8 Å². The summed E-state index contributed by atoms with van der Waals surface area (Å²) in [6, 6.07) is 8.47. The van der Waals surface area contributed by atoms with Gasteiger partial charge in [-0.15, -0.1) is 0 Å². The van der Waals surface area contributed by atoms with Gasteiger partial charge in [-0.2, -0.15) is 0 Å². The normalized spacial score (nSPS) is 20.9. The van der Waals surface area contributed by atoms with E-state index < -0.39 is 5.41 Å². The molecule has 0 saturated carbocycles. The van der Waals surface area contributed by atoms with E-state index in [1.165, 1.54) is 5.56 Å². The van der Waals surface area contributed by atoms with Crippen LogP contribution in [0, 0.1) is 6.92 Å². The van der Waals surface area contributed by atoms with Crippen LogP contribution in [0.15, 0.2) is 24.3 Å². The SMILES string of the molecule is Cc1ccc(C2(C(=O)N3CCC(OCCCN)CC3)CCOCC2)cc1. The van der Waals surface area contributed by atoms with E-state index in [0.29, 0.717) is 19.8 Å². The van der Waals surface area contributed by atoms with Gasteiger partial charge in [-0.05, 0) is 51.1 Å². The van der Waals surface area contributed by atoms with Crippen molar-refractivity contribution >= 4 is 5.91 Å². The summed E-state index contributed by atoms with van der Waals surface area (Å²) in [7, 11) is 0. The lowest BCUT2D eigenvalue weighted by Gasteiger charge is -2.42. The Balaban J connectivity index is 1.68. The average Bonchev–Trinajstić information content (AvgIpc) is 2.69. The molecular weight excluding hydrogens is 328 g/mol. The number of ether oxygens (including phenoxy) is 2. The highest BCUT2D eigenvalue weighted by molar-refractivity contribution is 5.88. The minimum atomic E-state index is -0.431. The van der Waals surface area contributed by atoms with Crippen LogP contribution in [-0.2, 0) is 19.7 Å². The third kappa shape index (κ3) is 4.27. The van der Waals surface area contributed by atoms with E-state index in [4.69, 9.17) is 15.2 Å². The summed E-state index contributed by atoms with van der Waals surface area (Å²) in [6.45, 7) is 6.33. The summed E-state index contributed by atoms with van der Waals surface area (Å²) in [5.41, 5.74) is 7.45. The zero-order chi connectivity index (χ0) is 18.4. The number of benzene rings is 1. The van der Waals surface area contributed by atoms with E-state index in [2.05, 4.69) is 31.2 Å². The number of hydrogen-bond donors (Lipinski definition) is 1. The third-order valence-electron chi connectivity index (χ3n) is 5.79. The van der Waals surface area contributed by atoms with Crippen LogP contribution in [0.25, 0.3) is 0 Å². The molecular formula is C21H32N2O3. The van der Waals surface area contributed by atoms with Gasteiger partial charge in [0.25, 0.3) is 0 Å². The molecule has 0 aliphatic carbocycles. The maximum absolute atomic E-state index is 13.5. The number of piperidine rings is 1. The molecule has 2 aliphatic heterocycles. The summed E-state index contributed by atoms with van der Waals surface area (Å²) in [5, 5.41) is 0. The number of carbonyl (C=O) groups is 1. The van der Waals surface area contributed by atoms with E-state index in [-0.39, 0.29) is 12.0 Å². The number of hydrogen-bond acceptors (Lipinski definition) is 4. The van der Waals surface area contributed by atoms with E-state index in [9.17, 15) is 4.79 Å². The summed E-state index contributed by atoms with van der Waals surface area (Å²) in [4.78, 5) is 15.6. The van der Waals surface area contributed by atoms with E-state index >= 15 is 0 Å². The van der Waals surface area contributed by atoms with E-state index in [0.717, 1.165) is 57.4 Å². The van der Waals surface area contributed by atoms with Crippen molar-refractivity contribution in [2.45, 2.75) is 50.5 Å². The second kappa shape index (κ2) is 8.98. The molecule has 1 aromatic rings. The molecule has 2 aliphatic rings. The van der Waals surface area contributed by atoms with Crippen LogP contribution < -0.4 is 5.73 Å². The quantitative estimate of drug-likeness (QED) is 0.791. The van der Waals surface area contributed by atoms with Crippen molar-refractivity contribution in [1.82, 2.24) is 4.90 Å². The van der Waals surface area contributed by atoms with Gasteiger partial charge in [0.1, 0.15) is 0 Å². The molecule has 2 saturated heterocycles. The lowest BCUT2D eigenvalue weighted by atomic mass is 9.72. The first-order valence-electron chi connectivity index (χ1n) is 9.92. The van der Waals surface area contributed by atoms with Gasteiger partial charge in [0.05, 0.1) is 11.5 Å². The monoisotopic (exact) mass is 360 g/mol. The second-order valence-electron chi connectivity index (χ2n) is 7.57. The van der Waals surface area contributed by atoms with Gasteiger partial charge in [0.15, 0.2) is 0 Å². The lowest BCUT2D eigenvalue weighted by Crippen LogP contribution is -2.52. The zero-order valence-corrected chi connectivity index (χ0v) is 15.9. The molecule has 0 aromatic heterocycles. The van der Waals surface area contributed by atoms with Crippen LogP contribution in [-0.4, -0.2) is 56.4 Å². The van der Waals surface area contributed by atoms with Crippen LogP contribution in [0.2, 0.25) is 0 Å². The Bertz CT molecular complexity index is 573. The summed E-state index contributed by atoms with van der Waals surface area (Å²) >= 11 is 0. The standard InChI is InChI=1S/C21H32N2O3/c1-17-3-5-18(6-4-17)21(9-15-25-16-10-21)20(24)23-12-7-19(8-13-23)26-14-2-11-22/h3-6,19H,2,7-16,22H2,1H3. The molecule has 0 bridgehead atoms. The van der Waals surface area contributed by atoms with E-state index in [1.54, 1.807) is 0 Å².